The van der Waals surface area contributed by atoms with Gasteiger partial charge in [-0.15, -0.1) is 0 Å². The van der Waals surface area contributed by atoms with E-state index in [4.69, 9.17) is 0 Å². The van der Waals surface area contributed by atoms with Crippen LogP contribution in [0.3, 0.4) is 0 Å². The second-order valence-electron chi connectivity index (χ2n) is 5.80. The second-order valence-corrected chi connectivity index (χ2v) is 5.80. The lowest BCUT2D eigenvalue weighted by Gasteiger charge is -2.27. The third-order valence-electron chi connectivity index (χ3n) is 4.06. The fraction of sp³-hybridized carbons (Fsp3) is 0.500. The lowest BCUT2D eigenvalue weighted by atomic mass is 9.90. The summed E-state index contributed by atoms with van der Waals surface area (Å²) < 4.78 is 0. The highest BCUT2D eigenvalue weighted by Crippen LogP contribution is 2.24. The molecule has 2 rings (SSSR count). The molecule has 0 heterocycles. The van der Waals surface area contributed by atoms with Crippen molar-refractivity contribution >= 4 is 17.5 Å². The fourth-order valence-corrected chi connectivity index (χ4v) is 2.38. The summed E-state index contributed by atoms with van der Waals surface area (Å²) in [5.74, 6) is 0.133. The molecule has 0 saturated heterocycles. The number of hydrogen-bond acceptors (Lipinski definition) is 3. The van der Waals surface area contributed by atoms with Gasteiger partial charge >= 0.3 is 6.03 Å². The van der Waals surface area contributed by atoms with Crippen LogP contribution in [-0.2, 0) is 6.42 Å². The summed E-state index contributed by atoms with van der Waals surface area (Å²) in [4.78, 5) is 23.9. The predicted octanol–water partition coefficient (Wildman–Crippen LogP) is 2.49. The molecular formula is C16H22N2O3. The molecule has 1 aliphatic carbocycles. The molecule has 21 heavy (non-hydrogen) atoms. The SMILES string of the molecule is CCC(C)(CO)NC(=O)Nc1ccc2c(c1)C(=O)CCC2. The maximum absolute atomic E-state index is 12.0. The average Bonchev–Trinajstić information content (AvgIpc) is 2.48. The Balaban J connectivity index is 2.08. The van der Waals surface area contributed by atoms with E-state index < -0.39 is 5.54 Å². The van der Waals surface area contributed by atoms with E-state index in [0.29, 0.717) is 24.1 Å². The van der Waals surface area contributed by atoms with Gasteiger partial charge in [0.1, 0.15) is 0 Å². The first kappa shape index (κ1) is 15.5. The Morgan fingerprint density at radius 1 is 1.38 bits per heavy atom. The quantitative estimate of drug-likeness (QED) is 0.797. The third-order valence-corrected chi connectivity index (χ3v) is 4.06. The molecule has 0 spiro atoms. The topological polar surface area (TPSA) is 78.4 Å². The minimum atomic E-state index is -0.645. The minimum Gasteiger partial charge on any atom is -0.394 e. The monoisotopic (exact) mass is 290 g/mol. The molecule has 1 aliphatic rings. The van der Waals surface area contributed by atoms with Crippen molar-refractivity contribution in [3.05, 3.63) is 29.3 Å². The van der Waals surface area contributed by atoms with Crippen LogP contribution in [0, 0.1) is 0 Å². The van der Waals surface area contributed by atoms with E-state index in [1.165, 1.54) is 0 Å². The zero-order valence-corrected chi connectivity index (χ0v) is 12.5. The Labute approximate surface area is 124 Å². The van der Waals surface area contributed by atoms with E-state index in [-0.39, 0.29) is 18.4 Å². The molecule has 1 aromatic rings. The Morgan fingerprint density at radius 3 is 2.81 bits per heavy atom. The van der Waals surface area contributed by atoms with Gasteiger partial charge in [-0.25, -0.2) is 4.79 Å². The van der Waals surface area contributed by atoms with Gasteiger partial charge in [-0.05, 0) is 43.9 Å². The number of anilines is 1. The number of aliphatic hydroxyl groups excluding tert-OH is 1. The van der Waals surface area contributed by atoms with Crippen LogP contribution in [0.4, 0.5) is 10.5 Å². The maximum atomic E-state index is 12.0. The Hall–Kier alpha value is -1.88. The third kappa shape index (κ3) is 3.61. The van der Waals surface area contributed by atoms with Crippen LogP contribution < -0.4 is 10.6 Å². The van der Waals surface area contributed by atoms with Crippen LogP contribution in [-0.4, -0.2) is 29.1 Å². The normalized spacial score (nSPS) is 16.8. The van der Waals surface area contributed by atoms with Gasteiger partial charge in [0.2, 0.25) is 0 Å². The van der Waals surface area contributed by atoms with Gasteiger partial charge in [-0.2, -0.15) is 0 Å². The van der Waals surface area contributed by atoms with Crippen molar-refractivity contribution in [3.8, 4) is 0 Å². The number of aliphatic hydroxyl groups is 1. The van der Waals surface area contributed by atoms with Crippen LogP contribution in [0.25, 0.3) is 0 Å². The molecule has 0 aliphatic heterocycles. The molecule has 1 atom stereocenters. The number of ketones is 1. The molecule has 3 N–H and O–H groups in total. The van der Waals surface area contributed by atoms with E-state index in [1.54, 1.807) is 19.1 Å². The van der Waals surface area contributed by atoms with Crippen molar-refractivity contribution < 1.29 is 14.7 Å². The molecule has 2 amide bonds. The van der Waals surface area contributed by atoms with Crippen LogP contribution in [0.5, 0.6) is 0 Å². The zero-order chi connectivity index (χ0) is 15.5. The minimum absolute atomic E-state index is 0.125. The number of fused-ring (bicyclic) bond motifs is 1. The number of Topliss-reactive ketones (excluding diaryl/α,β-unsaturated/α-hetero) is 1. The molecule has 0 fully saturated rings. The molecule has 5 nitrogen and oxygen atoms in total. The highest BCUT2D eigenvalue weighted by molar-refractivity contribution is 6.00. The number of hydrogen-bond donors (Lipinski definition) is 3. The number of benzene rings is 1. The van der Waals surface area contributed by atoms with Crippen molar-refractivity contribution in [2.75, 3.05) is 11.9 Å². The molecule has 114 valence electrons. The molecule has 1 unspecified atom stereocenters. The first-order valence-corrected chi connectivity index (χ1v) is 7.33. The van der Waals surface area contributed by atoms with Gasteiger partial charge in [0, 0.05) is 17.7 Å². The molecule has 0 aromatic heterocycles. The number of urea groups is 1. The Bertz CT molecular complexity index is 550. The predicted molar refractivity (Wildman–Crippen MR) is 81.6 cm³/mol. The van der Waals surface area contributed by atoms with E-state index in [9.17, 15) is 14.7 Å². The van der Waals surface area contributed by atoms with Crippen LogP contribution in [0.15, 0.2) is 18.2 Å². The van der Waals surface area contributed by atoms with Crippen molar-refractivity contribution in [2.45, 2.75) is 45.1 Å². The summed E-state index contributed by atoms with van der Waals surface area (Å²) in [6.45, 7) is 3.55. The van der Waals surface area contributed by atoms with Crippen LogP contribution >= 0.6 is 0 Å². The van der Waals surface area contributed by atoms with Crippen molar-refractivity contribution in [2.24, 2.45) is 0 Å². The first-order valence-electron chi connectivity index (χ1n) is 7.33. The molecule has 1 aromatic carbocycles. The summed E-state index contributed by atoms with van der Waals surface area (Å²) in [7, 11) is 0. The first-order chi connectivity index (χ1) is 9.97. The Morgan fingerprint density at radius 2 is 2.14 bits per heavy atom. The lowest BCUT2D eigenvalue weighted by molar-refractivity contribution is 0.0972. The smallest absolute Gasteiger partial charge is 0.319 e. The summed E-state index contributed by atoms with van der Waals surface area (Å²) >= 11 is 0. The van der Waals surface area contributed by atoms with Gasteiger partial charge in [-0.1, -0.05) is 13.0 Å². The standard InChI is InChI=1S/C16H22N2O3/c1-3-16(2,10-19)18-15(21)17-12-8-7-11-5-4-6-14(20)13(11)9-12/h7-9,19H,3-6,10H2,1-2H3,(H2,17,18,21). The molecule has 0 bridgehead atoms. The van der Waals surface area contributed by atoms with E-state index in [0.717, 1.165) is 18.4 Å². The summed E-state index contributed by atoms with van der Waals surface area (Å²) in [5.41, 5.74) is 1.71. The highest BCUT2D eigenvalue weighted by atomic mass is 16.3. The molecular weight excluding hydrogens is 268 g/mol. The average molecular weight is 290 g/mol. The van der Waals surface area contributed by atoms with Crippen LogP contribution in [0.1, 0.15) is 49.0 Å². The zero-order valence-electron chi connectivity index (χ0n) is 12.5. The summed E-state index contributed by atoms with van der Waals surface area (Å²) in [6.07, 6.45) is 3.00. The highest BCUT2D eigenvalue weighted by Gasteiger charge is 2.23. The van der Waals surface area contributed by atoms with Crippen molar-refractivity contribution in [1.82, 2.24) is 5.32 Å². The van der Waals surface area contributed by atoms with E-state index in [2.05, 4.69) is 10.6 Å². The lowest BCUT2D eigenvalue weighted by Crippen LogP contribution is -2.50. The van der Waals surface area contributed by atoms with Crippen LogP contribution in [0.2, 0.25) is 0 Å². The number of carbonyl (C=O) groups excluding carboxylic acids is 2. The van der Waals surface area contributed by atoms with Gasteiger partial charge in [0.25, 0.3) is 0 Å². The van der Waals surface area contributed by atoms with Gasteiger partial charge in [-0.3, -0.25) is 4.79 Å². The summed E-state index contributed by atoms with van der Waals surface area (Å²) in [5, 5.41) is 14.8. The molecule has 0 radical (unpaired) electrons. The maximum Gasteiger partial charge on any atom is 0.319 e. The summed E-state index contributed by atoms with van der Waals surface area (Å²) in [6, 6.07) is 5.06. The van der Waals surface area contributed by atoms with E-state index in [1.807, 2.05) is 13.0 Å². The van der Waals surface area contributed by atoms with Crippen molar-refractivity contribution in [3.63, 3.8) is 0 Å². The van der Waals surface area contributed by atoms with E-state index >= 15 is 0 Å². The number of rotatable bonds is 4. The number of amides is 2. The molecule has 5 heteroatoms. The fourth-order valence-electron chi connectivity index (χ4n) is 2.38. The second kappa shape index (κ2) is 6.26. The van der Waals surface area contributed by atoms with Crippen molar-refractivity contribution in [1.29, 1.82) is 0 Å². The largest absolute Gasteiger partial charge is 0.394 e. The van der Waals surface area contributed by atoms with Gasteiger partial charge in [0.15, 0.2) is 5.78 Å². The Kier molecular flexibility index (Phi) is 4.63. The number of carbonyl (C=O) groups is 2. The number of nitrogens with one attached hydrogen (secondary N) is 2. The number of aryl methyl sites for hydroxylation is 1. The molecule has 0 saturated carbocycles. The van der Waals surface area contributed by atoms with Gasteiger partial charge in [0.05, 0.1) is 12.1 Å². The van der Waals surface area contributed by atoms with Gasteiger partial charge < -0.3 is 15.7 Å².